The van der Waals surface area contributed by atoms with Gasteiger partial charge >= 0.3 is 0 Å². The Labute approximate surface area is 191 Å². The van der Waals surface area contributed by atoms with Crippen LogP contribution in [0.25, 0.3) is 0 Å². The second kappa shape index (κ2) is 9.70. The molecule has 1 aromatic heterocycles. The highest BCUT2D eigenvalue weighted by atomic mass is 32.2. The van der Waals surface area contributed by atoms with Crippen LogP contribution in [0.3, 0.4) is 0 Å². The molecule has 1 heterocycles. The number of aromatic amines is 1. The zero-order valence-corrected chi connectivity index (χ0v) is 19.9. The molecule has 0 aliphatic rings. The zero-order valence-electron chi connectivity index (χ0n) is 18.3. The Morgan fingerprint density at radius 3 is 2.38 bits per heavy atom. The molecule has 0 fully saturated rings. The summed E-state index contributed by atoms with van der Waals surface area (Å²) < 4.78 is 25.7. The number of carbonyl (C=O) groups excluding carboxylic acids is 1. The Kier molecular flexibility index (Phi) is 7.20. The van der Waals surface area contributed by atoms with Gasteiger partial charge in [0.05, 0.1) is 16.8 Å². The molecule has 32 heavy (non-hydrogen) atoms. The lowest BCUT2D eigenvalue weighted by Gasteiger charge is -2.09. The largest absolute Gasteiger partial charge is 0.325 e. The van der Waals surface area contributed by atoms with Crippen molar-refractivity contribution < 1.29 is 13.2 Å². The summed E-state index contributed by atoms with van der Waals surface area (Å²) in [5, 5.41) is 2.95. The number of aromatic nitrogens is 2. The molecule has 0 spiro atoms. The molecule has 7 nitrogen and oxygen atoms in total. The van der Waals surface area contributed by atoms with Gasteiger partial charge in [-0.3, -0.25) is 9.59 Å². The molecule has 2 aromatic carbocycles. The van der Waals surface area contributed by atoms with Crippen LogP contribution in [0.2, 0.25) is 0 Å². The number of benzene rings is 2. The van der Waals surface area contributed by atoms with Crippen molar-refractivity contribution in [2.75, 3.05) is 11.1 Å². The van der Waals surface area contributed by atoms with E-state index in [1.54, 1.807) is 12.1 Å². The van der Waals surface area contributed by atoms with Crippen molar-refractivity contribution in [3.8, 4) is 0 Å². The van der Waals surface area contributed by atoms with E-state index in [1.807, 2.05) is 45.9 Å². The fourth-order valence-electron chi connectivity index (χ4n) is 2.94. The standard InChI is InChI=1S/C23H25N3O4S2/c1-14(2)17-6-9-19(10-7-17)32(29,30)20-12-24-23(26-22(20)28)31-13-21(27)25-18-8-5-15(3)16(4)11-18/h5-12,14H,13H2,1-4H3,(H,25,27)(H,24,26,28). The number of thioether (sulfide) groups is 1. The predicted octanol–water partition coefficient (Wildman–Crippen LogP) is 4.07. The van der Waals surface area contributed by atoms with E-state index in [0.717, 1.165) is 34.6 Å². The van der Waals surface area contributed by atoms with Gasteiger partial charge in [0, 0.05) is 5.69 Å². The van der Waals surface area contributed by atoms with E-state index in [0.29, 0.717) is 5.69 Å². The van der Waals surface area contributed by atoms with Crippen molar-refractivity contribution >= 4 is 33.2 Å². The lowest BCUT2D eigenvalue weighted by atomic mass is 10.0. The number of sulfone groups is 1. The van der Waals surface area contributed by atoms with E-state index < -0.39 is 20.3 Å². The normalized spacial score (nSPS) is 11.5. The minimum Gasteiger partial charge on any atom is -0.325 e. The highest BCUT2D eigenvalue weighted by molar-refractivity contribution is 7.99. The minimum absolute atomic E-state index is 0.0125. The first-order valence-corrected chi connectivity index (χ1v) is 12.5. The smallest absolute Gasteiger partial charge is 0.270 e. The minimum atomic E-state index is -4.00. The van der Waals surface area contributed by atoms with Gasteiger partial charge in [0.15, 0.2) is 10.1 Å². The Morgan fingerprint density at radius 1 is 1.09 bits per heavy atom. The maximum Gasteiger partial charge on any atom is 0.270 e. The van der Waals surface area contributed by atoms with E-state index in [1.165, 1.54) is 12.1 Å². The van der Waals surface area contributed by atoms with Crippen LogP contribution in [0.15, 0.2) is 68.4 Å². The number of hydrogen-bond donors (Lipinski definition) is 2. The molecule has 3 aromatic rings. The van der Waals surface area contributed by atoms with Gasteiger partial charge < -0.3 is 10.3 Å². The molecule has 0 aliphatic heterocycles. The van der Waals surface area contributed by atoms with Crippen LogP contribution in [0.4, 0.5) is 5.69 Å². The number of H-pyrrole nitrogens is 1. The molecular formula is C23H25N3O4S2. The molecule has 0 aliphatic carbocycles. The Bertz CT molecular complexity index is 1300. The molecule has 0 unspecified atom stereocenters. The van der Waals surface area contributed by atoms with Gasteiger partial charge in [-0.15, -0.1) is 0 Å². The molecule has 0 saturated carbocycles. The third-order valence-electron chi connectivity index (χ3n) is 5.02. The highest BCUT2D eigenvalue weighted by Crippen LogP contribution is 2.22. The van der Waals surface area contributed by atoms with E-state index >= 15 is 0 Å². The maximum atomic E-state index is 12.8. The summed E-state index contributed by atoms with van der Waals surface area (Å²) in [5.41, 5.74) is 3.11. The number of hydrogen-bond acceptors (Lipinski definition) is 6. The summed E-state index contributed by atoms with van der Waals surface area (Å²) in [6, 6.07) is 12.1. The zero-order chi connectivity index (χ0) is 23.5. The summed E-state index contributed by atoms with van der Waals surface area (Å²) in [6.07, 6.45) is 1.04. The average molecular weight is 472 g/mol. The highest BCUT2D eigenvalue weighted by Gasteiger charge is 2.22. The van der Waals surface area contributed by atoms with Gasteiger partial charge in [0.1, 0.15) is 0 Å². The molecule has 0 bridgehead atoms. The molecule has 9 heteroatoms. The van der Waals surface area contributed by atoms with Crippen LogP contribution in [-0.2, 0) is 14.6 Å². The van der Waals surface area contributed by atoms with Crippen molar-refractivity contribution in [2.45, 2.75) is 48.6 Å². The topological polar surface area (TPSA) is 109 Å². The number of carbonyl (C=O) groups is 1. The van der Waals surface area contributed by atoms with E-state index in [4.69, 9.17) is 0 Å². The first kappa shape index (κ1) is 23.7. The second-order valence-electron chi connectivity index (χ2n) is 7.74. The fraction of sp³-hybridized carbons (Fsp3) is 0.261. The number of aryl methyl sites for hydroxylation is 2. The second-order valence-corrected chi connectivity index (χ2v) is 10.6. The van der Waals surface area contributed by atoms with Gasteiger partial charge in [-0.05, 0) is 60.7 Å². The van der Waals surface area contributed by atoms with Crippen molar-refractivity contribution in [1.29, 1.82) is 0 Å². The van der Waals surface area contributed by atoms with Crippen LogP contribution in [0.5, 0.6) is 0 Å². The van der Waals surface area contributed by atoms with Crippen LogP contribution in [0, 0.1) is 13.8 Å². The predicted molar refractivity (Wildman–Crippen MR) is 126 cm³/mol. The monoisotopic (exact) mass is 471 g/mol. The maximum absolute atomic E-state index is 12.8. The molecular weight excluding hydrogens is 446 g/mol. The number of rotatable bonds is 7. The van der Waals surface area contributed by atoms with Crippen LogP contribution >= 0.6 is 11.8 Å². The Morgan fingerprint density at radius 2 is 1.78 bits per heavy atom. The van der Waals surface area contributed by atoms with Gasteiger partial charge in [-0.25, -0.2) is 13.4 Å². The third-order valence-corrected chi connectivity index (χ3v) is 7.67. The first-order chi connectivity index (χ1) is 15.1. The molecule has 2 N–H and O–H groups in total. The lowest BCUT2D eigenvalue weighted by Crippen LogP contribution is -2.20. The molecule has 3 rings (SSSR count). The molecule has 0 atom stereocenters. The Hall–Kier alpha value is -2.91. The SMILES string of the molecule is Cc1ccc(NC(=O)CSc2ncc(S(=O)(=O)c3ccc(C(C)C)cc3)c(=O)[nH]2)cc1C. The summed E-state index contributed by atoms with van der Waals surface area (Å²) in [5.74, 6) is 0.0155. The Balaban J connectivity index is 1.69. The molecule has 168 valence electrons. The van der Waals surface area contributed by atoms with Crippen molar-refractivity contribution in [3.05, 3.63) is 75.7 Å². The summed E-state index contributed by atoms with van der Waals surface area (Å²) in [6.45, 7) is 7.97. The van der Waals surface area contributed by atoms with Crippen molar-refractivity contribution in [3.63, 3.8) is 0 Å². The number of nitrogens with one attached hydrogen (secondary N) is 2. The van der Waals surface area contributed by atoms with Gasteiger partial charge in [0.25, 0.3) is 5.56 Å². The van der Waals surface area contributed by atoms with E-state index in [2.05, 4.69) is 15.3 Å². The molecule has 1 amide bonds. The number of amides is 1. The third kappa shape index (κ3) is 5.46. The fourth-order valence-corrected chi connectivity index (χ4v) is 4.81. The summed E-state index contributed by atoms with van der Waals surface area (Å²) >= 11 is 1.02. The van der Waals surface area contributed by atoms with Gasteiger partial charge in [0.2, 0.25) is 15.7 Å². The summed E-state index contributed by atoms with van der Waals surface area (Å²) in [7, 11) is -4.00. The lowest BCUT2D eigenvalue weighted by molar-refractivity contribution is -0.113. The molecule has 0 saturated heterocycles. The number of nitrogens with zero attached hydrogens (tertiary/aromatic N) is 1. The quantitative estimate of drug-likeness (QED) is 0.397. The van der Waals surface area contributed by atoms with Gasteiger partial charge in [-0.1, -0.05) is 43.8 Å². The van der Waals surface area contributed by atoms with Crippen molar-refractivity contribution in [2.24, 2.45) is 0 Å². The first-order valence-electron chi connectivity index (χ1n) is 10.0. The number of anilines is 1. The van der Waals surface area contributed by atoms with E-state index in [-0.39, 0.29) is 27.6 Å². The van der Waals surface area contributed by atoms with Gasteiger partial charge in [-0.2, -0.15) is 0 Å². The molecule has 0 radical (unpaired) electrons. The summed E-state index contributed by atoms with van der Waals surface area (Å²) in [4.78, 5) is 30.7. The average Bonchev–Trinajstić information content (AvgIpc) is 2.75. The van der Waals surface area contributed by atoms with E-state index in [9.17, 15) is 18.0 Å². The van der Waals surface area contributed by atoms with Crippen LogP contribution in [-0.4, -0.2) is 30.0 Å². The van der Waals surface area contributed by atoms with Crippen LogP contribution in [0.1, 0.15) is 36.5 Å². The van der Waals surface area contributed by atoms with Crippen molar-refractivity contribution in [1.82, 2.24) is 9.97 Å². The van der Waals surface area contributed by atoms with Crippen LogP contribution < -0.4 is 10.9 Å².